The molecule has 2 rings (SSSR count). The van der Waals surface area contributed by atoms with Crippen LogP contribution in [0.2, 0.25) is 0 Å². The molecule has 3 N–H and O–H groups in total. The van der Waals surface area contributed by atoms with Crippen molar-refractivity contribution in [3.63, 3.8) is 0 Å². The van der Waals surface area contributed by atoms with Gasteiger partial charge in [-0.3, -0.25) is 0 Å². The molecule has 1 fully saturated rings. The molecule has 84 valence electrons. The maximum absolute atomic E-state index is 9.16. The van der Waals surface area contributed by atoms with Gasteiger partial charge in [-0.25, -0.2) is 0 Å². The highest BCUT2D eigenvalue weighted by Crippen LogP contribution is 2.39. The van der Waals surface area contributed by atoms with Crippen LogP contribution in [0.4, 0.5) is 0 Å². The summed E-state index contributed by atoms with van der Waals surface area (Å²) in [6.07, 6.45) is 2.94. The zero-order chi connectivity index (χ0) is 10.0. The average Bonchev–Trinajstić information content (AvgIpc) is 2.63. The van der Waals surface area contributed by atoms with E-state index >= 15 is 0 Å². The summed E-state index contributed by atoms with van der Waals surface area (Å²) >= 11 is 0. The molecule has 0 saturated heterocycles. The Morgan fingerprint density at radius 3 is 2.53 bits per heavy atom. The molecule has 0 unspecified atom stereocenters. The van der Waals surface area contributed by atoms with Gasteiger partial charge in [0.1, 0.15) is 0 Å². The predicted octanol–water partition coefficient (Wildman–Crippen LogP) is 2.07. The summed E-state index contributed by atoms with van der Waals surface area (Å²) in [5.41, 5.74) is 7.06. The Balaban J connectivity index is 0.00000112. The van der Waals surface area contributed by atoms with Gasteiger partial charge in [0, 0.05) is 5.54 Å². The van der Waals surface area contributed by atoms with Crippen LogP contribution in [0.25, 0.3) is 0 Å². The van der Waals surface area contributed by atoms with E-state index in [0.717, 1.165) is 19.3 Å². The van der Waals surface area contributed by atoms with Crippen LogP contribution in [0.5, 0.6) is 0 Å². The van der Waals surface area contributed by atoms with E-state index in [9.17, 15) is 0 Å². The van der Waals surface area contributed by atoms with Crippen molar-refractivity contribution in [2.24, 2.45) is 5.73 Å². The molecule has 0 amide bonds. The first kappa shape index (κ1) is 12.5. The molecule has 0 aromatic heterocycles. The smallest absolute Gasteiger partial charge is 0.0611 e. The molecule has 15 heavy (non-hydrogen) atoms. The molecular weight excluding hydrogens is 210 g/mol. The zero-order valence-electron chi connectivity index (χ0n) is 8.73. The molecule has 0 bridgehead atoms. The van der Waals surface area contributed by atoms with Crippen molar-refractivity contribution < 1.29 is 5.11 Å². The number of aliphatic hydroxyl groups excluding tert-OH is 1. The van der Waals surface area contributed by atoms with Gasteiger partial charge >= 0.3 is 0 Å². The maximum atomic E-state index is 9.16. The highest BCUT2D eigenvalue weighted by Gasteiger charge is 2.35. The Labute approximate surface area is 96.9 Å². The summed E-state index contributed by atoms with van der Waals surface area (Å²) in [5, 5.41) is 9.16. The second kappa shape index (κ2) is 4.97. The molecule has 0 spiro atoms. The van der Waals surface area contributed by atoms with E-state index < -0.39 is 0 Å². The number of rotatable bonds is 2. The van der Waals surface area contributed by atoms with Crippen LogP contribution >= 0.6 is 12.4 Å². The summed E-state index contributed by atoms with van der Waals surface area (Å²) in [4.78, 5) is 0. The maximum Gasteiger partial charge on any atom is 0.0611 e. The Morgan fingerprint density at radius 1 is 1.33 bits per heavy atom. The second-order valence-electron chi connectivity index (χ2n) is 4.37. The van der Waals surface area contributed by atoms with Crippen molar-refractivity contribution in [1.82, 2.24) is 0 Å². The number of hydrogen-bond donors (Lipinski definition) is 2. The van der Waals surface area contributed by atoms with Crippen LogP contribution in [-0.4, -0.2) is 17.3 Å². The fraction of sp³-hybridized carbons (Fsp3) is 0.500. The monoisotopic (exact) mass is 227 g/mol. The summed E-state index contributed by atoms with van der Waals surface area (Å²) in [6, 6.07) is 10.4. The highest BCUT2D eigenvalue weighted by atomic mass is 35.5. The van der Waals surface area contributed by atoms with Crippen LogP contribution in [0.15, 0.2) is 30.3 Å². The van der Waals surface area contributed by atoms with Gasteiger partial charge in [0.05, 0.1) is 6.61 Å². The molecular formula is C12H18ClNO. The molecule has 1 aliphatic rings. The van der Waals surface area contributed by atoms with Gasteiger partial charge in [0.15, 0.2) is 0 Å². The topological polar surface area (TPSA) is 46.2 Å². The fourth-order valence-corrected chi connectivity index (χ4v) is 2.31. The second-order valence-corrected chi connectivity index (χ2v) is 4.37. The first-order valence-corrected chi connectivity index (χ1v) is 5.18. The van der Waals surface area contributed by atoms with E-state index in [1.54, 1.807) is 0 Å². The largest absolute Gasteiger partial charge is 0.394 e. The van der Waals surface area contributed by atoms with Gasteiger partial charge < -0.3 is 10.8 Å². The summed E-state index contributed by atoms with van der Waals surface area (Å²) < 4.78 is 0. The third-order valence-electron chi connectivity index (χ3n) is 3.23. The molecule has 1 aromatic rings. The third-order valence-corrected chi connectivity index (χ3v) is 3.23. The number of nitrogens with two attached hydrogens (primary N) is 1. The number of halogens is 1. The van der Waals surface area contributed by atoms with Crippen molar-refractivity contribution in [3.05, 3.63) is 35.9 Å². The van der Waals surface area contributed by atoms with Crippen molar-refractivity contribution in [1.29, 1.82) is 0 Å². The molecule has 2 nitrogen and oxygen atoms in total. The standard InChI is InChI=1S/C12H17NO.ClH/c13-12(9-14)7-6-11(8-12)10-4-2-1-3-5-10;/h1-5,11,14H,6-9,13H2;1H/t11-,12-;/m0./s1. The number of aliphatic hydroxyl groups is 1. The molecule has 1 aliphatic carbocycles. The number of hydrogen-bond acceptors (Lipinski definition) is 2. The van der Waals surface area contributed by atoms with E-state index in [-0.39, 0.29) is 24.6 Å². The minimum Gasteiger partial charge on any atom is -0.394 e. The van der Waals surface area contributed by atoms with Crippen LogP contribution in [-0.2, 0) is 0 Å². The predicted molar refractivity (Wildman–Crippen MR) is 64.3 cm³/mol. The van der Waals surface area contributed by atoms with Gasteiger partial charge in [-0.2, -0.15) is 0 Å². The van der Waals surface area contributed by atoms with Crippen LogP contribution in [0, 0.1) is 0 Å². The van der Waals surface area contributed by atoms with Gasteiger partial charge in [0.25, 0.3) is 0 Å². The lowest BCUT2D eigenvalue weighted by atomic mass is 9.94. The molecule has 3 heteroatoms. The first-order chi connectivity index (χ1) is 6.73. The zero-order valence-corrected chi connectivity index (χ0v) is 9.54. The molecule has 1 aromatic carbocycles. The Hall–Kier alpha value is -0.570. The Bertz CT molecular complexity index is 304. The van der Waals surface area contributed by atoms with Gasteiger partial charge in [-0.1, -0.05) is 30.3 Å². The fourth-order valence-electron chi connectivity index (χ4n) is 2.31. The lowest BCUT2D eigenvalue weighted by Gasteiger charge is -2.20. The van der Waals surface area contributed by atoms with Crippen molar-refractivity contribution in [3.8, 4) is 0 Å². The van der Waals surface area contributed by atoms with Crippen molar-refractivity contribution >= 4 is 12.4 Å². The first-order valence-electron chi connectivity index (χ1n) is 5.18. The van der Waals surface area contributed by atoms with Crippen LogP contribution < -0.4 is 5.73 Å². The van der Waals surface area contributed by atoms with E-state index in [1.165, 1.54) is 5.56 Å². The Kier molecular flexibility index (Phi) is 4.14. The SMILES string of the molecule is Cl.N[C@@]1(CO)CC[C@H](c2ccccc2)C1. The molecule has 0 aliphatic heterocycles. The van der Waals surface area contributed by atoms with E-state index in [2.05, 4.69) is 24.3 Å². The normalized spacial score (nSPS) is 29.9. The molecule has 2 atom stereocenters. The van der Waals surface area contributed by atoms with Gasteiger partial charge in [0.2, 0.25) is 0 Å². The van der Waals surface area contributed by atoms with Gasteiger partial charge in [-0.05, 0) is 30.7 Å². The van der Waals surface area contributed by atoms with Crippen LogP contribution in [0.1, 0.15) is 30.7 Å². The Morgan fingerprint density at radius 2 is 2.00 bits per heavy atom. The summed E-state index contributed by atoms with van der Waals surface area (Å²) in [7, 11) is 0. The minimum absolute atomic E-state index is 0. The van der Waals surface area contributed by atoms with E-state index in [0.29, 0.717) is 5.92 Å². The summed E-state index contributed by atoms with van der Waals surface area (Å²) in [5.74, 6) is 0.536. The highest BCUT2D eigenvalue weighted by molar-refractivity contribution is 5.85. The number of benzene rings is 1. The van der Waals surface area contributed by atoms with Crippen molar-refractivity contribution in [2.45, 2.75) is 30.7 Å². The lowest BCUT2D eigenvalue weighted by Crippen LogP contribution is -2.40. The lowest BCUT2D eigenvalue weighted by molar-refractivity contribution is 0.198. The van der Waals surface area contributed by atoms with Crippen molar-refractivity contribution in [2.75, 3.05) is 6.61 Å². The molecule has 1 saturated carbocycles. The van der Waals surface area contributed by atoms with E-state index in [4.69, 9.17) is 10.8 Å². The average molecular weight is 228 g/mol. The minimum atomic E-state index is -0.333. The molecule has 0 heterocycles. The molecule has 0 radical (unpaired) electrons. The quantitative estimate of drug-likeness (QED) is 0.813. The summed E-state index contributed by atoms with van der Waals surface area (Å²) in [6.45, 7) is 0.107. The van der Waals surface area contributed by atoms with Gasteiger partial charge in [-0.15, -0.1) is 12.4 Å². The third kappa shape index (κ3) is 2.71. The van der Waals surface area contributed by atoms with E-state index in [1.807, 2.05) is 6.07 Å². The van der Waals surface area contributed by atoms with Crippen LogP contribution in [0.3, 0.4) is 0 Å².